The molecule has 0 amide bonds. The van der Waals surface area contributed by atoms with E-state index in [1.165, 1.54) is 68.9 Å². The van der Waals surface area contributed by atoms with Crippen LogP contribution in [0.4, 0.5) is 0 Å². The molecule has 0 unspecified atom stereocenters. The topological polar surface area (TPSA) is 28.2 Å². The average Bonchev–Trinajstić information content (AvgIpc) is 2.71. The summed E-state index contributed by atoms with van der Waals surface area (Å²) in [7, 11) is 0. The number of hydrogen-bond acceptors (Lipinski definition) is 4. The Hall–Kier alpha value is -0.450. The van der Waals surface area contributed by atoms with Crippen LogP contribution < -0.4 is 5.32 Å². The molecule has 1 aliphatic carbocycles. The van der Waals surface area contributed by atoms with Gasteiger partial charge in [0.05, 0.1) is 6.54 Å². The van der Waals surface area contributed by atoms with Crippen LogP contribution in [0.15, 0.2) is 5.38 Å². The molecule has 2 fully saturated rings. The van der Waals surface area contributed by atoms with Crippen LogP contribution >= 0.6 is 11.3 Å². The minimum atomic E-state index is 0.404. The Morgan fingerprint density at radius 1 is 1.32 bits per heavy atom. The predicted molar refractivity (Wildman–Crippen MR) is 80.6 cm³/mol. The van der Waals surface area contributed by atoms with Crippen LogP contribution in [-0.4, -0.2) is 35.1 Å². The molecule has 3 nitrogen and oxygen atoms in total. The summed E-state index contributed by atoms with van der Waals surface area (Å²) >= 11 is 1.81. The molecule has 1 aromatic heterocycles. The van der Waals surface area contributed by atoms with E-state index in [0.717, 1.165) is 6.54 Å². The van der Waals surface area contributed by atoms with E-state index in [9.17, 15) is 0 Å². The number of aromatic nitrogens is 1. The minimum Gasteiger partial charge on any atom is -0.310 e. The third kappa shape index (κ3) is 3.36. The second-order valence-electron chi connectivity index (χ2n) is 6.21. The Kier molecular flexibility index (Phi) is 4.20. The van der Waals surface area contributed by atoms with Crippen LogP contribution in [0.5, 0.6) is 0 Å². The van der Waals surface area contributed by atoms with Gasteiger partial charge >= 0.3 is 0 Å². The van der Waals surface area contributed by atoms with Crippen molar-refractivity contribution in [3.8, 4) is 0 Å². The van der Waals surface area contributed by atoms with Crippen LogP contribution in [0.2, 0.25) is 0 Å². The fourth-order valence-electron chi connectivity index (χ4n) is 3.58. The molecule has 19 heavy (non-hydrogen) atoms. The van der Waals surface area contributed by atoms with Crippen LogP contribution in [0.1, 0.15) is 49.2 Å². The van der Waals surface area contributed by atoms with Crippen molar-refractivity contribution in [1.82, 2.24) is 15.2 Å². The number of aryl methyl sites for hydroxylation is 1. The van der Waals surface area contributed by atoms with Gasteiger partial charge in [-0.05, 0) is 39.3 Å². The van der Waals surface area contributed by atoms with Crippen molar-refractivity contribution in [3.05, 3.63) is 16.1 Å². The zero-order chi connectivity index (χ0) is 13.1. The molecule has 106 valence electrons. The maximum Gasteiger partial charge on any atom is 0.107 e. The Morgan fingerprint density at radius 2 is 2.16 bits per heavy atom. The number of hydrogen-bond donors (Lipinski definition) is 1. The second kappa shape index (κ2) is 5.90. The molecule has 1 saturated heterocycles. The summed E-state index contributed by atoms with van der Waals surface area (Å²) in [5.74, 6) is 0. The maximum atomic E-state index is 4.63. The largest absolute Gasteiger partial charge is 0.310 e. The van der Waals surface area contributed by atoms with E-state index in [4.69, 9.17) is 0 Å². The van der Waals surface area contributed by atoms with Crippen molar-refractivity contribution in [2.24, 2.45) is 0 Å². The first-order chi connectivity index (χ1) is 9.26. The molecular formula is C15H25N3S. The molecule has 1 aliphatic heterocycles. The standard InChI is InChI=1S/C15H25N3S/c1-13-11-19-14(17-13)10-18-9-5-8-16-15(12-18)6-3-2-4-7-15/h11,16H,2-10,12H2,1H3. The van der Waals surface area contributed by atoms with Gasteiger partial charge in [0.25, 0.3) is 0 Å². The number of nitrogens with one attached hydrogen (secondary N) is 1. The Labute approximate surface area is 120 Å². The summed E-state index contributed by atoms with van der Waals surface area (Å²) in [6.45, 7) is 6.75. The Balaban J connectivity index is 1.67. The van der Waals surface area contributed by atoms with Crippen molar-refractivity contribution in [3.63, 3.8) is 0 Å². The summed E-state index contributed by atoms with van der Waals surface area (Å²) in [5.41, 5.74) is 1.57. The molecule has 3 rings (SSSR count). The minimum absolute atomic E-state index is 0.404. The van der Waals surface area contributed by atoms with Gasteiger partial charge in [0.1, 0.15) is 5.01 Å². The van der Waals surface area contributed by atoms with Crippen molar-refractivity contribution < 1.29 is 0 Å². The SMILES string of the molecule is Cc1csc(CN2CCCNC3(CCCCC3)C2)n1. The molecule has 0 radical (unpaired) electrons. The van der Waals surface area contributed by atoms with Crippen molar-refractivity contribution >= 4 is 11.3 Å². The van der Waals surface area contributed by atoms with Gasteiger partial charge in [0, 0.05) is 23.2 Å². The normalized spacial score (nSPS) is 24.5. The first-order valence-corrected chi connectivity index (χ1v) is 8.52. The van der Waals surface area contributed by atoms with Gasteiger partial charge < -0.3 is 5.32 Å². The molecule has 4 heteroatoms. The molecular weight excluding hydrogens is 254 g/mol. The summed E-state index contributed by atoms with van der Waals surface area (Å²) in [5, 5.41) is 7.31. The molecule has 1 N–H and O–H groups in total. The molecule has 0 aromatic carbocycles. The number of nitrogens with zero attached hydrogens (tertiary/aromatic N) is 2. The van der Waals surface area contributed by atoms with Crippen LogP contribution in [-0.2, 0) is 6.54 Å². The van der Waals surface area contributed by atoms with Crippen LogP contribution in [0.25, 0.3) is 0 Å². The van der Waals surface area contributed by atoms with Gasteiger partial charge in [0.15, 0.2) is 0 Å². The number of rotatable bonds is 2. The Morgan fingerprint density at radius 3 is 2.89 bits per heavy atom. The highest BCUT2D eigenvalue weighted by atomic mass is 32.1. The molecule has 2 aliphatic rings. The van der Waals surface area contributed by atoms with Gasteiger partial charge in [-0.25, -0.2) is 4.98 Å². The van der Waals surface area contributed by atoms with Crippen molar-refractivity contribution in [2.45, 2.75) is 57.5 Å². The van der Waals surface area contributed by atoms with Crippen molar-refractivity contribution in [1.29, 1.82) is 0 Å². The first-order valence-electron chi connectivity index (χ1n) is 7.64. The lowest BCUT2D eigenvalue weighted by atomic mass is 9.81. The molecule has 0 atom stereocenters. The summed E-state index contributed by atoms with van der Waals surface area (Å²) < 4.78 is 0. The highest BCUT2D eigenvalue weighted by Crippen LogP contribution is 2.30. The molecule has 1 aromatic rings. The quantitative estimate of drug-likeness (QED) is 0.902. The predicted octanol–water partition coefficient (Wildman–Crippen LogP) is 2.95. The Bertz CT molecular complexity index is 409. The van der Waals surface area contributed by atoms with E-state index in [1.54, 1.807) is 0 Å². The highest BCUT2D eigenvalue weighted by Gasteiger charge is 2.34. The monoisotopic (exact) mass is 279 g/mol. The van der Waals surface area contributed by atoms with E-state index < -0.39 is 0 Å². The van der Waals surface area contributed by atoms with Crippen LogP contribution in [0, 0.1) is 6.92 Å². The van der Waals surface area contributed by atoms with E-state index in [-0.39, 0.29) is 0 Å². The average molecular weight is 279 g/mol. The fraction of sp³-hybridized carbons (Fsp3) is 0.800. The van der Waals surface area contributed by atoms with Gasteiger partial charge in [-0.2, -0.15) is 0 Å². The number of thiazole rings is 1. The third-order valence-electron chi connectivity index (χ3n) is 4.51. The summed E-state index contributed by atoms with van der Waals surface area (Å²) in [6, 6.07) is 0. The third-order valence-corrected chi connectivity index (χ3v) is 5.46. The van der Waals surface area contributed by atoms with E-state index >= 15 is 0 Å². The van der Waals surface area contributed by atoms with Gasteiger partial charge in [-0.1, -0.05) is 19.3 Å². The zero-order valence-corrected chi connectivity index (χ0v) is 12.8. The fourth-order valence-corrected chi connectivity index (χ4v) is 4.40. The lowest BCUT2D eigenvalue weighted by molar-refractivity contribution is 0.159. The summed E-state index contributed by atoms with van der Waals surface area (Å²) in [4.78, 5) is 7.25. The molecule has 1 saturated carbocycles. The molecule has 2 heterocycles. The van der Waals surface area contributed by atoms with Gasteiger partial charge in [0.2, 0.25) is 0 Å². The zero-order valence-electron chi connectivity index (χ0n) is 12.0. The lowest BCUT2D eigenvalue weighted by Gasteiger charge is -2.39. The smallest absolute Gasteiger partial charge is 0.107 e. The molecule has 0 bridgehead atoms. The summed E-state index contributed by atoms with van der Waals surface area (Å²) in [6.07, 6.45) is 8.22. The molecule has 1 spiro atoms. The van der Waals surface area contributed by atoms with Crippen LogP contribution in [0.3, 0.4) is 0 Å². The van der Waals surface area contributed by atoms with Gasteiger partial charge in [-0.15, -0.1) is 11.3 Å². The van der Waals surface area contributed by atoms with Crippen molar-refractivity contribution in [2.75, 3.05) is 19.6 Å². The second-order valence-corrected chi connectivity index (χ2v) is 7.16. The van der Waals surface area contributed by atoms with E-state index in [2.05, 4.69) is 27.5 Å². The first kappa shape index (κ1) is 13.5. The lowest BCUT2D eigenvalue weighted by Crippen LogP contribution is -2.52. The maximum absolute atomic E-state index is 4.63. The van der Waals surface area contributed by atoms with Gasteiger partial charge in [-0.3, -0.25) is 4.90 Å². The van der Waals surface area contributed by atoms with E-state index in [1.807, 2.05) is 11.3 Å². The highest BCUT2D eigenvalue weighted by molar-refractivity contribution is 7.09. The van der Waals surface area contributed by atoms with E-state index in [0.29, 0.717) is 5.54 Å².